The van der Waals surface area contributed by atoms with Crippen LogP contribution in [0, 0.1) is 5.82 Å². The van der Waals surface area contributed by atoms with Crippen LogP contribution in [-0.4, -0.2) is 37.3 Å². The van der Waals surface area contributed by atoms with Crippen molar-refractivity contribution in [2.24, 2.45) is 10.7 Å². The van der Waals surface area contributed by atoms with E-state index in [2.05, 4.69) is 32.8 Å². The van der Waals surface area contributed by atoms with E-state index in [1.807, 2.05) is 6.92 Å². The fourth-order valence-corrected chi connectivity index (χ4v) is 2.39. The van der Waals surface area contributed by atoms with Crippen molar-refractivity contribution < 1.29 is 9.18 Å². The molecule has 0 spiro atoms. The van der Waals surface area contributed by atoms with Crippen LogP contribution in [0.2, 0.25) is 0 Å². The Hall–Kier alpha value is -2.15. The summed E-state index contributed by atoms with van der Waals surface area (Å²) in [5.74, 6) is -0.391. The van der Waals surface area contributed by atoms with Gasteiger partial charge in [0.25, 0.3) is 5.91 Å². The van der Waals surface area contributed by atoms with Crippen LogP contribution in [-0.2, 0) is 4.79 Å². The molecule has 0 saturated carbocycles. The third kappa shape index (κ3) is 5.19. The minimum absolute atomic E-state index is 0.00974. The molecule has 3 N–H and O–H groups in total. The molecule has 0 aliphatic heterocycles. The Bertz CT molecular complexity index is 683. The largest absolute Gasteiger partial charge is 0.383 e. The van der Waals surface area contributed by atoms with Crippen LogP contribution in [0.1, 0.15) is 18.9 Å². The van der Waals surface area contributed by atoms with E-state index in [1.165, 1.54) is 12.1 Å². The molecule has 0 unspecified atom stereocenters. The molecule has 0 aliphatic carbocycles. The first kappa shape index (κ1) is 19.9. The molecule has 0 radical (unpaired) electrons. The Morgan fingerprint density at radius 2 is 2.04 bits per heavy atom. The smallest absolute Gasteiger partial charge is 0.251 e. The van der Waals surface area contributed by atoms with Crippen molar-refractivity contribution in [2.75, 3.05) is 20.6 Å². The van der Waals surface area contributed by atoms with Gasteiger partial charge in [0.15, 0.2) is 0 Å². The van der Waals surface area contributed by atoms with Crippen LogP contribution in [0.5, 0.6) is 0 Å². The zero-order chi connectivity index (χ0) is 18.3. The first-order chi connectivity index (χ1) is 11.3. The number of nitrogens with zero attached hydrogens (tertiary/aromatic N) is 2. The average Bonchev–Trinajstić information content (AvgIpc) is 2.56. The van der Waals surface area contributed by atoms with E-state index in [4.69, 9.17) is 5.73 Å². The molecule has 0 atom stereocenters. The van der Waals surface area contributed by atoms with Gasteiger partial charge in [0.1, 0.15) is 17.5 Å². The number of halogens is 2. The molecule has 130 valence electrons. The second-order valence-corrected chi connectivity index (χ2v) is 6.04. The highest BCUT2D eigenvalue weighted by Crippen LogP contribution is 2.23. The standard InChI is InChI=1S/C17H22BrFN4O/c1-5-10-21-17(24)11(2)14(18)16(23(3)4)22-15(20)12-8-6-7-9-13(12)19/h6-9H,2,5,10H2,1,3-4H3,(H2,20,22)(H,21,24)/b16-14+. The molecule has 1 rings (SSSR count). The van der Waals surface area contributed by atoms with E-state index in [-0.39, 0.29) is 22.9 Å². The van der Waals surface area contributed by atoms with E-state index in [0.717, 1.165) is 6.42 Å². The molecule has 1 aromatic carbocycles. The summed E-state index contributed by atoms with van der Waals surface area (Å²) in [4.78, 5) is 18.0. The zero-order valence-corrected chi connectivity index (χ0v) is 15.7. The van der Waals surface area contributed by atoms with Crippen molar-refractivity contribution in [1.82, 2.24) is 10.2 Å². The van der Waals surface area contributed by atoms with Gasteiger partial charge in [-0.05, 0) is 34.5 Å². The van der Waals surface area contributed by atoms with Crippen molar-refractivity contribution >= 4 is 27.7 Å². The lowest BCUT2D eigenvalue weighted by atomic mass is 10.2. The van der Waals surface area contributed by atoms with Gasteiger partial charge in [-0.15, -0.1) is 0 Å². The average molecular weight is 397 g/mol. The number of carbonyl (C=O) groups excluding carboxylic acids is 1. The number of nitrogens with one attached hydrogen (secondary N) is 1. The summed E-state index contributed by atoms with van der Waals surface area (Å²) in [6.45, 7) is 6.29. The Labute approximate surface area is 150 Å². The van der Waals surface area contributed by atoms with Gasteiger partial charge in [0.05, 0.1) is 15.6 Å². The molecule has 0 aromatic heterocycles. The molecule has 0 bridgehead atoms. The Kier molecular flexibility index (Phi) is 7.64. The van der Waals surface area contributed by atoms with E-state index >= 15 is 0 Å². The van der Waals surface area contributed by atoms with Gasteiger partial charge in [-0.3, -0.25) is 4.79 Å². The molecular weight excluding hydrogens is 375 g/mol. The Morgan fingerprint density at radius 1 is 1.42 bits per heavy atom. The fourth-order valence-electron chi connectivity index (χ4n) is 1.77. The maximum Gasteiger partial charge on any atom is 0.251 e. The fraction of sp³-hybridized carbons (Fsp3) is 0.294. The van der Waals surface area contributed by atoms with Crippen molar-refractivity contribution in [1.29, 1.82) is 0 Å². The summed E-state index contributed by atoms with van der Waals surface area (Å²) in [6, 6.07) is 6.09. The highest BCUT2D eigenvalue weighted by Gasteiger charge is 2.16. The molecular formula is C17H22BrFN4O. The van der Waals surface area contributed by atoms with Crippen LogP contribution in [0.3, 0.4) is 0 Å². The molecule has 0 heterocycles. The van der Waals surface area contributed by atoms with Gasteiger partial charge < -0.3 is 16.0 Å². The van der Waals surface area contributed by atoms with E-state index in [0.29, 0.717) is 16.8 Å². The molecule has 24 heavy (non-hydrogen) atoms. The summed E-state index contributed by atoms with van der Waals surface area (Å²) in [6.07, 6.45) is 0.819. The number of aliphatic imine (C=N–C) groups is 1. The summed E-state index contributed by atoms with van der Waals surface area (Å²) < 4.78 is 14.2. The Balaban J connectivity index is 3.22. The zero-order valence-electron chi connectivity index (χ0n) is 14.1. The second-order valence-electron chi connectivity index (χ2n) is 5.24. The number of hydrogen-bond donors (Lipinski definition) is 2. The van der Waals surface area contributed by atoms with Gasteiger partial charge in [-0.1, -0.05) is 25.6 Å². The van der Waals surface area contributed by atoms with Gasteiger partial charge in [0, 0.05) is 20.6 Å². The molecule has 1 aromatic rings. The molecule has 7 heteroatoms. The lowest BCUT2D eigenvalue weighted by Crippen LogP contribution is -2.26. The van der Waals surface area contributed by atoms with Crippen LogP contribution < -0.4 is 11.1 Å². The van der Waals surface area contributed by atoms with Crippen LogP contribution >= 0.6 is 15.9 Å². The van der Waals surface area contributed by atoms with E-state index in [1.54, 1.807) is 31.1 Å². The van der Waals surface area contributed by atoms with E-state index < -0.39 is 5.82 Å². The quantitative estimate of drug-likeness (QED) is 0.322. The molecule has 0 saturated heterocycles. The third-order valence-corrected chi connectivity index (χ3v) is 3.90. The number of rotatable bonds is 7. The highest BCUT2D eigenvalue weighted by molar-refractivity contribution is 9.12. The van der Waals surface area contributed by atoms with Crippen molar-refractivity contribution in [2.45, 2.75) is 13.3 Å². The minimum Gasteiger partial charge on any atom is -0.383 e. The Morgan fingerprint density at radius 3 is 2.58 bits per heavy atom. The molecule has 5 nitrogen and oxygen atoms in total. The number of hydrogen-bond acceptors (Lipinski definition) is 3. The lowest BCUT2D eigenvalue weighted by Gasteiger charge is -2.17. The van der Waals surface area contributed by atoms with Crippen molar-refractivity contribution in [3.05, 3.63) is 58.1 Å². The predicted molar refractivity (Wildman–Crippen MR) is 99.2 cm³/mol. The molecule has 0 fully saturated rings. The van der Waals surface area contributed by atoms with Gasteiger partial charge in [0.2, 0.25) is 0 Å². The highest BCUT2D eigenvalue weighted by atomic mass is 79.9. The van der Waals surface area contributed by atoms with Crippen molar-refractivity contribution in [3.8, 4) is 0 Å². The van der Waals surface area contributed by atoms with Crippen molar-refractivity contribution in [3.63, 3.8) is 0 Å². The monoisotopic (exact) mass is 396 g/mol. The van der Waals surface area contributed by atoms with Crippen LogP contribution in [0.25, 0.3) is 0 Å². The normalized spacial score (nSPS) is 12.5. The first-order valence-electron chi connectivity index (χ1n) is 7.43. The summed E-state index contributed by atoms with van der Waals surface area (Å²) >= 11 is 3.34. The number of benzene rings is 1. The van der Waals surface area contributed by atoms with Gasteiger partial charge >= 0.3 is 0 Å². The number of nitrogens with two attached hydrogens (primary N) is 1. The minimum atomic E-state index is -0.465. The summed E-state index contributed by atoms with van der Waals surface area (Å²) in [5, 5.41) is 2.74. The number of carbonyl (C=O) groups is 1. The van der Waals surface area contributed by atoms with E-state index in [9.17, 15) is 9.18 Å². The summed E-state index contributed by atoms with van der Waals surface area (Å²) in [5.41, 5.74) is 6.34. The van der Waals surface area contributed by atoms with Crippen LogP contribution in [0.4, 0.5) is 4.39 Å². The third-order valence-electron chi connectivity index (χ3n) is 3.07. The molecule has 0 aliphatic rings. The second kappa shape index (κ2) is 9.22. The lowest BCUT2D eigenvalue weighted by molar-refractivity contribution is -0.117. The van der Waals surface area contributed by atoms with Crippen LogP contribution in [0.15, 0.2) is 51.7 Å². The van der Waals surface area contributed by atoms with Gasteiger partial charge in [-0.25, -0.2) is 9.38 Å². The number of amides is 1. The van der Waals surface area contributed by atoms with Gasteiger partial charge in [-0.2, -0.15) is 0 Å². The SMILES string of the molecule is C=C(C(=O)NCCC)/C(Br)=C(/N=C(\N)c1ccccc1F)N(C)C. The maximum absolute atomic E-state index is 13.8. The number of amidine groups is 1. The maximum atomic E-state index is 13.8. The predicted octanol–water partition coefficient (Wildman–Crippen LogP) is 2.74. The summed E-state index contributed by atoms with van der Waals surface area (Å²) in [7, 11) is 3.48. The first-order valence-corrected chi connectivity index (χ1v) is 8.22. The topological polar surface area (TPSA) is 70.7 Å². The molecule has 1 amide bonds.